The van der Waals surface area contributed by atoms with Crippen molar-refractivity contribution in [1.29, 1.82) is 0 Å². The second-order valence-electron chi connectivity index (χ2n) is 6.37. The van der Waals surface area contributed by atoms with Crippen LogP contribution in [0.5, 0.6) is 0 Å². The third-order valence-electron chi connectivity index (χ3n) is 4.10. The number of hydrogen-bond donors (Lipinski definition) is 2. The summed E-state index contributed by atoms with van der Waals surface area (Å²) >= 11 is 6.06. The van der Waals surface area contributed by atoms with Gasteiger partial charge in [0.25, 0.3) is 0 Å². The summed E-state index contributed by atoms with van der Waals surface area (Å²) in [7, 11) is 2.00. The molecule has 6 nitrogen and oxygen atoms in total. The predicted molar refractivity (Wildman–Crippen MR) is 110 cm³/mol. The van der Waals surface area contributed by atoms with Crippen LogP contribution in [0.1, 0.15) is 23.9 Å². The van der Waals surface area contributed by atoms with Crippen molar-refractivity contribution in [3.63, 3.8) is 0 Å². The SMILES string of the molecule is CCc1ccccc1Nc1nc(N)nc(CN(C)Cc2cccc(Cl)c2)n1. The van der Waals surface area contributed by atoms with Gasteiger partial charge in [-0.15, -0.1) is 0 Å². The van der Waals surface area contributed by atoms with Gasteiger partial charge in [-0.1, -0.05) is 48.9 Å². The van der Waals surface area contributed by atoms with E-state index in [1.165, 1.54) is 5.56 Å². The topological polar surface area (TPSA) is 80.0 Å². The van der Waals surface area contributed by atoms with E-state index >= 15 is 0 Å². The summed E-state index contributed by atoms with van der Waals surface area (Å²) in [5, 5.41) is 3.99. The molecule has 0 saturated carbocycles. The number of para-hydroxylation sites is 1. The molecule has 3 rings (SSSR count). The number of nitrogens with zero attached hydrogens (tertiary/aromatic N) is 4. The average molecular weight is 383 g/mol. The predicted octanol–water partition coefficient (Wildman–Crippen LogP) is 4.05. The molecular formula is C20H23ClN6. The third kappa shape index (κ3) is 5.39. The molecule has 3 aromatic rings. The first-order valence-corrected chi connectivity index (χ1v) is 9.19. The summed E-state index contributed by atoms with van der Waals surface area (Å²) in [6.45, 7) is 3.38. The van der Waals surface area contributed by atoms with Crippen molar-refractivity contribution >= 4 is 29.2 Å². The zero-order chi connectivity index (χ0) is 19.2. The van der Waals surface area contributed by atoms with E-state index in [9.17, 15) is 0 Å². The first kappa shape index (κ1) is 19.1. The fourth-order valence-electron chi connectivity index (χ4n) is 2.88. The number of hydrogen-bond acceptors (Lipinski definition) is 6. The van der Waals surface area contributed by atoms with Crippen molar-refractivity contribution in [3.8, 4) is 0 Å². The number of nitrogens with one attached hydrogen (secondary N) is 1. The van der Waals surface area contributed by atoms with E-state index in [1.807, 2.05) is 49.5 Å². The molecule has 0 fully saturated rings. The van der Waals surface area contributed by atoms with Crippen LogP contribution in [0.25, 0.3) is 0 Å². The second kappa shape index (κ2) is 8.79. The highest BCUT2D eigenvalue weighted by molar-refractivity contribution is 6.30. The molecule has 140 valence electrons. The van der Waals surface area contributed by atoms with Gasteiger partial charge in [0, 0.05) is 17.3 Å². The molecule has 0 radical (unpaired) electrons. The van der Waals surface area contributed by atoms with Crippen LogP contribution < -0.4 is 11.1 Å². The van der Waals surface area contributed by atoms with E-state index in [0.29, 0.717) is 18.3 Å². The summed E-state index contributed by atoms with van der Waals surface area (Å²) < 4.78 is 0. The Labute approximate surface area is 164 Å². The molecule has 3 N–H and O–H groups in total. The largest absolute Gasteiger partial charge is 0.368 e. The van der Waals surface area contributed by atoms with Gasteiger partial charge in [-0.05, 0) is 42.8 Å². The maximum atomic E-state index is 6.06. The van der Waals surface area contributed by atoms with Gasteiger partial charge < -0.3 is 11.1 Å². The minimum Gasteiger partial charge on any atom is -0.368 e. The molecule has 1 heterocycles. The minimum absolute atomic E-state index is 0.202. The fourth-order valence-corrected chi connectivity index (χ4v) is 3.09. The fraction of sp³-hybridized carbons (Fsp3) is 0.250. The second-order valence-corrected chi connectivity index (χ2v) is 6.81. The molecule has 0 aliphatic carbocycles. The monoisotopic (exact) mass is 382 g/mol. The summed E-state index contributed by atoms with van der Waals surface area (Å²) in [5.74, 6) is 1.27. The van der Waals surface area contributed by atoms with Crippen molar-refractivity contribution in [1.82, 2.24) is 19.9 Å². The third-order valence-corrected chi connectivity index (χ3v) is 4.33. The molecule has 1 aromatic heterocycles. The zero-order valence-corrected chi connectivity index (χ0v) is 16.2. The lowest BCUT2D eigenvalue weighted by atomic mass is 10.1. The Kier molecular flexibility index (Phi) is 6.21. The molecule has 0 aliphatic rings. The normalized spacial score (nSPS) is 11.0. The van der Waals surface area contributed by atoms with Crippen LogP contribution in [0.2, 0.25) is 5.02 Å². The molecule has 0 bridgehead atoms. The van der Waals surface area contributed by atoms with Crippen LogP contribution in [-0.2, 0) is 19.5 Å². The number of nitrogen functional groups attached to an aromatic ring is 1. The number of rotatable bonds is 7. The molecule has 0 saturated heterocycles. The van der Waals surface area contributed by atoms with Crippen molar-refractivity contribution in [2.24, 2.45) is 0 Å². The van der Waals surface area contributed by atoms with Crippen LogP contribution in [0.4, 0.5) is 17.6 Å². The standard InChI is InChI=1S/C20H23ClN6/c1-3-15-8-4-5-10-17(15)23-20-25-18(24-19(22)26-20)13-27(2)12-14-7-6-9-16(21)11-14/h4-11H,3,12-13H2,1-2H3,(H3,22,23,24,25,26). The Morgan fingerprint density at radius 2 is 1.85 bits per heavy atom. The lowest BCUT2D eigenvalue weighted by Crippen LogP contribution is -2.20. The Balaban J connectivity index is 1.73. The summed E-state index contributed by atoms with van der Waals surface area (Å²) in [6, 6.07) is 15.9. The molecule has 7 heteroatoms. The molecule has 27 heavy (non-hydrogen) atoms. The van der Waals surface area contributed by atoms with Crippen LogP contribution in [0, 0.1) is 0 Å². The van der Waals surface area contributed by atoms with E-state index in [1.54, 1.807) is 0 Å². The van der Waals surface area contributed by atoms with Gasteiger partial charge in [-0.25, -0.2) is 0 Å². The Bertz CT molecular complexity index is 914. The Morgan fingerprint density at radius 3 is 2.63 bits per heavy atom. The molecule has 0 aliphatic heterocycles. The van der Waals surface area contributed by atoms with Crippen LogP contribution in [0.3, 0.4) is 0 Å². The maximum absolute atomic E-state index is 6.06. The van der Waals surface area contributed by atoms with Gasteiger partial charge >= 0.3 is 0 Å². The number of aryl methyl sites for hydroxylation is 1. The highest BCUT2D eigenvalue weighted by atomic mass is 35.5. The first-order valence-electron chi connectivity index (χ1n) is 8.82. The minimum atomic E-state index is 0.202. The molecule has 0 atom stereocenters. The van der Waals surface area contributed by atoms with E-state index in [4.69, 9.17) is 17.3 Å². The summed E-state index contributed by atoms with van der Waals surface area (Å²) in [4.78, 5) is 15.1. The van der Waals surface area contributed by atoms with E-state index < -0.39 is 0 Å². The highest BCUT2D eigenvalue weighted by Gasteiger charge is 2.10. The molecule has 0 spiro atoms. The van der Waals surface area contributed by atoms with E-state index in [2.05, 4.69) is 38.2 Å². The number of nitrogens with two attached hydrogens (primary N) is 1. The van der Waals surface area contributed by atoms with Crippen molar-refractivity contribution in [2.45, 2.75) is 26.4 Å². The first-order chi connectivity index (χ1) is 13.0. The Hall–Kier alpha value is -2.70. The molecular weight excluding hydrogens is 360 g/mol. The van der Waals surface area contributed by atoms with E-state index in [-0.39, 0.29) is 5.95 Å². The van der Waals surface area contributed by atoms with Crippen molar-refractivity contribution in [3.05, 3.63) is 70.5 Å². The van der Waals surface area contributed by atoms with E-state index in [0.717, 1.165) is 29.2 Å². The number of halogens is 1. The van der Waals surface area contributed by atoms with Crippen molar-refractivity contribution in [2.75, 3.05) is 18.1 Å². The van der Waals surface area contributed by atoms with Crippen molar-refractivity contribution < 1.29 is 0 Å². The van der Waals surface area contributed by atoms with Crippen LogP contribution in [0.15, 0.2) is 48.5 Å². The molecule has 0 unspecified atom stereocenters. The molecule has 0 amide bonds. The van der Waals surface area contributed by atoms with Gasteiger partial charge in [0.05, 0.1) is 6.54 Å². The zero-order valence-electron chi connectivity index (χ0n) is 15.5. The van der Waals surface area contributed by atoms with Gasteiger partial charge in [-0.3, -0.25) is 4.90 Å². The van der Waals surface area contributed by atoms with Gasteiger partial charge in [-0.2, -0.15) is 15.0 Å². The Morgan fingerprint density at radius 1 is 1.04 bits per heavy atom. The maximum Gasteiger partial charge on any atom is 0.232 e. The van der Waals surface area contributed by atoms with Gasteiger partial charge in [0.2, 0.25) is 11.9 Å². The lowest BCUT2D eigenvalue weighted by Gasteiger charge is -2.17. The highest BCUT2D eigenvalue weighted by Crippen LogP contribution is 2.20. The van der Waals surface area contributed by atoms with Gasteiger partial charge in [0.1, 0.15) is 5.82 Å². The van der Waals surface area contributed by atoms with Gasteiger partial charge in [0.15, 0.2) is 0 Å². The average Bonchev–Trinajstić information content (AvgIpc) is 2.61. The smallest absolute Gasteiger partial charge is 0.232 e. The number of aromatic nitrogens is 3. The van der Waals surface area contributed by atoms with Crippen LogP contribution in [-0.4, -0.2) is 26.9 Å². The molecule has 2 aromatic carbocycles. The number of anilines is 3. The summed E-state index contributed by atoms with van der Waals surface area (Å²) in [6.07, 6.45) is 0.916. The quantitative estimate of drug-likeness (QED) is 0.641. The lowest BCUT2D eigenvalue weighted by molar-refractivity contribution is 0.310. The van der Waals surface area contributed by atoms with Crippen LogP contribution >= 0.6 is 11.6 Å². The summed E-state index contributed by atoms with van der Waals surface area (Å²) in [5.41, 5.74) is 9.19. The number of benzene rings is 2.